The van der Waals surface area contributed by atoms with Crippen LogP contribution in [0.3, 0.4) is 0 Å². The first-order valence-electron chi connectivity index (χ1n) is 8.64. The molecule has 0 amide bonds. The van der Waals surface area contributed by atoms with Crippen molar-refractivity contribution in [3.63, 3.8) is 0 Å². The van der Waals surface area contributed by atoms with Gasteiger partial charge >= 0.3 is 0 Å². The van der Waals surface area contributed by atoms with Crippen molar-refractivity contribution in [1.29, 1.82) is 0 Å². The van der Waals surface area contributed by atoms with E-state index in [4.69, 9.17) is 44.9 Å². The van der Waals surface area contributed by atoms with Gasteiger partial charge in [0.2, 0.25) is 0 Å². The smallest absolute Gasteiger partial charge is 0.129 e. The van der Waals surface area contributed by atoms with Crippen LogP contribution in [0.2, 0.25) is 10.0 Å². The molecule has 3 aromatic carbocycles. The number of hydrogen-bond donors (Lipinski definition) is 1. The monoisotopic (exact) mass is 431 g/mol. The lowest BCUT2D eigenvalue weighted by Gasteiger charge is -2.15. The minimum Gasteiger partial charge on any atom is -0.496 e. The van der Waals surface area contributed by atoms with Gasteiger partial charge in [0.1, 0.15) is 23.1 Å². The molecular weight excluding hydrogens is 413 g/mol. The van der Waals surface area contributed by atoms with E-state index in [0.717, 1.165) is 22.4 Å². The lowest BCUT2D eigenvalue weighted by atomic mass is 10.1. The van der Waals surface area contributed by atoms with E-state index < -0.39 is 0 Å². The molecule has 0 bridgehead atoms. The molecule has 0 fully saturated rings. The number of benzene rings is 3. The molecule has 1 N–H and O–H groups in total. The van der Waals surface area contributed by atoms with Crippen LogP contribution in [0.1, 0.15) is 16.7 Å². The zero-order valence-corrected chi connectivity index (χ0v) is 17.6. The number of ether oxygens (including phenoxy) is 2. The van der Waals surface area contributed by atoms with Gasteiger partial charge in [-0.3, -0.25) is 0 Å². The molecule has 0 aliphatic carbocycles. The summed E-state index contributed by atoms with van der Waals surface area (Å²) in [7, 11) is 1.65. The maximum Gasteiger partial charge on any atom is 0.129 e. The molecule has 0 spiro atoms. The Balaban J connectivity index is 1.69. The highest BCUT2D eigenvalue weighted by molar-refractivity contribution is 7.80. The Morgan fingerprint density at radius 2 is 1.64 bits per heavy atom. The first-order chi connectivity index (χ1) is 13.6. The van der Waals surface area contributed by atoms with Gasteiger partial charge in [0.25, 0.3) is 0 Å². The zero-order valence-electron chi connectivity index (χ0n) is 15.2. The number of para-hydroxylation sites is 2. The summed E-state index contributed by atoms with van der Waals surface area (Å²) in [4.78, 5) is 0.601. The van der Waals surface area contributed by atoms with Crippen molar-refractivity contribution >= 4 is 40.4 Å². The summed E-state index contributed by atoms with van der Waals surface area (Å²) < 4.78 is 11.4. The fraction of sp³-hybridized carbons (Fsp3) is 0.136. The zero-order chi connectivity index (χ0) is 19.9. The van der Waals surface area contributed by atoms with Crippen LogP contribution in [0.5, 0.6) is 11.5 Å². The molecule has 0 atom stereocenters. The first kappa shape index (κ1) is 20.5. The van der Waals surface area contributed by atoms with Gasteiger partial charge in [0.05, 0.1) is 12.7 Å². The minimum atomic E-state index is 0.322. The molecule has 0 radical (unpaired) electrons. The fourth-order valence-corrected chi connectivity index (χ4v) is 3.40. The highest BCUT2D eigenvalue weighted by Gasteiger charge is 2.11. The number of rotatable bonds is 7. The van der Waals surface area contributed by atoms with Crippen LogP contribution in [-0.2, 0) is 13.2 Å². The van der Waals surface area contributed by atoms with E-state index >= 15 is 0 Å². The summed E-state index contributed by atoms with van der Waals surface area (Å²) in [5, 5.41) is 4.44. The van der Waals surface area contributed by atoms with Crippen LogP contribution in [0.25, 0.3) is 0 Å². The Morgan fingerprint density at radius 3 is 2.39 bits per heavy atom. The second kappa shape index (κ2) is 9.78. The number of methoxy groups -OCH3 is 1. The topological polar surface area (TPSA) is 30.5 Å². The number of nitrogens with one attached hydrogen (secondary N) is 1. The van der Waals surface area contributed by atoms with Crippen LogP contribution in [0.4, 0.5) is 0 Å². The Kier molecular flexibility index (Phi) is 7.15. The fourth-order valence-electron chi connectivity index (χ4n) is 2.69. The maximum absolute atomic E-state index is 6.23. The van der Waals surface area contributed by atoms with Crippen molar-refractivity contribution in [3.8, 4) is 11.5 Å². The molecule has 144 valence electrons. The quantitative estimate of drug-likeness (QED) is 0.461. The Labute approximate surface area is 180 Å². The average Bonchev–Trinajstić information content (AvgIpc) is 2.72. The van der Waals surface area contributed by atoms with Crippen molar-refractivity contribution < 1.29 is 9.47 Å². The molecule has 3 aromatic rings. The normalized spacial score (nSPS) is 10.4. The van der Waals surface area contributed by atoms with Crippen LogP contribution in [0.15, 0.2) is 66.7 Å². The molecule has 0 saturated heterocycles. The Bertz CT molecular complexity index is 978. The lowest BCUT2D eigenvalue weighted by molar-refractivity contribution is 0.305. The largest absolute Gasteiger partial charge is 0.496 e. The van der Waals surface area contributed by atoms with E-state index in [1.54, 1.807) is 19.2 Å². The summed E-state index contributed by atoms with van der Waals surface area (Å²) in [6.45, 7) is 0.877. The molecule has 0 aromatic heterocycles. The summed E-state index contributed by atoms with van der Waals surface area (Å²) >= 11 is 17.8. The third kappa shape index (κ3) is 5.16. The van der Waals surface area contributed by atoms with E-state index in [2.05, 4.69) is 5.32 Å². The molecule has 0 heterocycles. The summed E-state index contributed by atoms with van der Waals surface area (Å²) in [5.74, 6) is 1.51. The predicted octanol–water partition coefficient (Wildman–Crippen LogP) is 6.05. The molecule has 0 aliphatic heterocycles. The van der Waals surface area contributed by atoms with E-state index in [9.17, 15) is 0 Å². The minimum absolute atomic E-state index is 0.322. The summed E-state index contributed by atoms with van der Waals surface area (Å²) in [6.07, 6.45) is 0. The van der Waals surface area contributed by atoms with Crippen molar-refractivity contribution in [2.45, 2.75) is 13.2 Å². The Hall–Kier alpha value is -2.27. The van der Waals surface area contributed by atoms with Gasteiger partial charge in [-0.05, 0) is 30.3 Å². The third-order valence-corrected chi connectivity index (χ3v) is 5.11. The highest BCUT2D eigenvalue weighted by Crippen LogP contribution is 2.25. The third-order valence-electron chi connectivity index (χ3n) is 4.16. The van der Waals surface area contributed by atoms with Gasteiger partial charge in [-0.15, -0.1) is 0 Å². The van der Waals surface area contributed by atoms with E-state index in [0.29, 0.717) is 33.9 Å². The molecule has 28 heavy (non-hydrogen) atoms. The molecular formula is C22H19Cl2NO2S. The number of hydrogen-bond acceptors (Lipinski definition) is 3. The molecule has 6 heteroatoms. The number of thiocarbonyl (C=S) groups is 1. The van der Waals surface area contributed by atoms with Crippen molar-refractivity contribution in [1.82, 2.24) is 5.32 Å². The molecule has 3 nitrogen and oxygen atoms in total. The van der Waals surface area contributed by atoms with Crippen LogP contribution in [-0.4, -0.2) is 12.1 Å². The molecule has 0 unspecified atom stereocenters. The SMILES string of the molecule is COc1ccccc1CNC(=S)c1ccccc1OCc1ccc(Cl)cc1Cl. The molecule has 0 aliphatic rings. The predicted molar refractivity (Wildman–Crippen MR) is 119 cm³/mol. The van der Waals surface area contributed by atoms with Gasteiger partial charge in [0.15, 0.2) is 0 Å². The van der Waals surface area contributed by atoms with Crippen LogP contribution in [0, 0.1) is 0 Å². The van der Waals surface area contributed by atoms with Gasteiger partial charge in [0, 0.05) is 27.7 Å². The van der Waals surface area contributed by atoms with E-state index in [-0.39, 0.29) is 0 Å². The molecule has 0 saturated carbocycles. The second-order valence-electron chi connectivity index (χ2n) is 6.02. The summed E-state index contributed by atoms with van der Waals surface area (Å²) in [6, 6.07) is 20.8. The Morgan fingerprint density at radius 1 is 0.929 bits per heavy atom. The maximum atomic E-state index is 6.23. The van der Waals surface area contributed by atoms with Crippen LogP contribution >= 0.6 is 35.4 Å². The standard InChI is InChI=1S/C22H19Cl2NO2S/c1-26-20-8-4-2-6-15(20)13-25-22(28)18-7-3-5-9-21(18)27-14-16-10-11-17(23)12-19(16)24/h2-12H,13-14H2,1H3,(H,25,28). The molecule has 3 rings (SSSR count). The van der Waals surface area contributed by atoms with E-state index in [1.165, 1.54) is 0 Å². The van der Waals surface area contributed by atoms with Crippen molar-refractivity contribution in [2.75, 3.05) is 7.11 Å². The average molecular weight is 432 g/mol. The second-order valence-corrected chi connectivity index (χ2v) is 7.27. The van der Waals surface area contributed by atoms with Crippen molar-refractivity contribution in [3.05, 3.63) is 93.5 Å². The van der Waals surface area contributed by atoms with Gasteiger partial charge in [-0.1, -0.05) is 71.8 Å². The lowest BCUT2D eigenvalue weighted by Crippen LogP contribution is -2.22. The van der Waals surface area contributed by atoms with Crippen LogP contribution < -0.4 is 14.8 Å². The highest BCUT2D eigenvalue weighted by atomic mass is 35.5. The van der Waals surface area contributed by atoms with Gasteiger partial charge in [-0.2, -0.15) is 0 Å². The first-order valence-corrected chi connectivity index (χ1v) is 9.80. The van der Waals surface area contributed by atoms with Gasteiger partial charge in [-0.25, -0.2) is 0 Å². The number of halogens is 2. The van der Waals surface area contributed by atoms with Gasteiger partial charge < -0.3 is 14.8 Å². The summed E-state index contributed by atoms with van der Waals surface area (Å²) in [5.41, 5.74) is 2.70. The van der Waals surface area contributed by atoms with Crippen molar-refractivity contribution in [2.24, 2.45) is 0 Å². The van der Waals surface area contributed by atoms with E-state index in [1.807, 2.05) is 54.6 Å².